The summed E-state index contributed by atoms with van der Waals surface area (Å²) in [7, 11) is 0. The molecule has 2 aromatic rings. The van der Waals surface area contributed by atoms with Gasteiger partial charge in [-0.3, -0.25) is 0 Å². The van der Waals surface area contributed by atoms with E-state index in [0.29, 0.717) is 13.2 Å². The van der Waals surface area contributed by atoms with Gasteiger partial charge in [0.05, 0.1) is 0 Å². The molecule has 1 heterocycles. The molecule has 1 aromatic carbocycles. The van der Waals surface area contributed by atoms with Crippen molar-refractivity contribution in [2.24, 2.45) is 5.73 Å². The fourth-order valence-corrected chi connectivity index (χ4v) is 2.90. The van der Waals surface area contributed by atoms with Crippen LogP contribution >= 0.6 is 27.3 Å². The van der Waals surface area contributed by atoms with Crippen LogP contribution in [0.25, 0.3) is 0 Å². The molecular weight excluding hydrogens is 298 g/mol. The van der Waals surface area contributed by atoms with Gasteiger partial charge in [-0.25, -0.2) is 0 Å². The quantitative estimate of drug-likeness (QED) is 0.916. The lowest BCUT2D eigenvalue weighted by molar-refractivity contribution is 0.309. The molecule has 0 aliphatic heterocycles. The molecule has 0 atom stereocenters. The van der Waals surface area contributed by atoms with Gasteiger partial charge < -0.3 is 10.5 Å². The first-order chi connectivity index (χ1) is 8.28. The molecule has 0 aliphatic carbocycles. The molecule has 0 aliphatic rings. The van der Waals surface area contributed by atoms with Crippen molar-refractivity contribution in [3.05, 3.63) is 50.6 Å². The van der Waals surface area contributed by atoms with Crippen LogP contribution in [0.2, 0.25) is 0 Å². The summed E-state index contributed by atoms with van der Waals surface area (Å²) in [5, 5.41) is 2.06. The van der Waals surface area contributed by atoms with E-state index in [1.807, 2.05) is 12.1 Å². The molecule has 4 heteroatoms. The number of thiophene rings is 1. The molecular formula is C13H14BrNOS. The third kappa shape index (κ3) is 3.84. The van der Waals surface area contributed by atoms with Crippen molar-refractivity contribution in [1.82, 2.24) is 0 Å². The Bertz CT molecular complexity index is 484. The van der Waals surface area contributed by atoms with Crippen molar-refractivity contribution in [3.8, 4) is 5.75 Å². The first-order valence-corrected chi connectivity index (χ1v) is 7.10. The topological polar surface area (TPSA) is 35.2 Å². The van der Waals surface area contributed by atoms with Crippen LogP contribution < -0.4 is 10.5 Å². The zero-order chi connectivity index (χ0) is 12.1. The Hall–Kier alpha value is -0.840. The molecule has 0 radical (unpaired) electrons. The van der Waals surface area contributed by atoms with Gasteiger partial charge in [0.25, 0.3) is 0 Å². The van der Waals surface area contributed by atoms with E-state index in [4.69, 9.17) is 10.5 Å². The van der Waals surface area contributed by atoms with E-state index in [9.17, 15) is 0 Å². The Morgan fingerprint density at radius 1 is 1.29 bits per heavy atom. The highest BCUT2D eigenvalue weighted by Crippen LogP contribution is 2.22. The van der Waals surface area contributed by atoms with Crippen molar-refractivity contribution < 1.29 is 4.74 Å². The van der Waals surface area contributed by atoms with E-state index >= 15 is 0 Å². The average molecular weight is 312 g/mol. The molecule has 0 fully saturated rings. The zero-order valence-corrected chi connectivity index (χ0v) is 11.8. The van der Waals surface area contributed by atoms with E-state index < -0.39 is 0 Å². The van der Waals surface area contributed by atoms with Gasteiger partial charge in [0, 0.05) is 14.7 Å². The summed E-state index contributed by atoms with van der Waals surface area (Å²) in [6, 6.07) is 10.2. The summed E-state index contributed by atoms with van der Waals surface area (Å²) in [6.45, 7) is 1.28. The Kier molecular flexibility index (Phi) is 4.59. The zero-order valence-electron chi connectivity index (χ0n) is 9.36. The monoisotopic (exact) mass is 311 g/mol. The van der Waals surface area contributed by atoms with Crippen LogP contribution in [-0.4, -0.2) is 6.54 Å². The standard InChI is InChI=1S/C13H14BrNOS/c14-11-7-13(17-9-11)8-16-12-3-1-2-10(6-12)4-5-15/h1-3,6-7,9H,4-5,8,15H2. The van der Waals surface area contributed by atoms with Crippen molar-refractivity contribution >= 4 is 27.3 Å². The number of ether oxygens (including phenoxy) is 1. The minimum Gasteiger partial charge on any atom is -0.488 e. The van der Waals surface area contributed by atoms with E-state index in [-0.39, 0.29) is 0 Å². The van der Waals surface area contributed by atoms with Gasteiger partial charge in [-0.15, -0.1) is 11.3 Å². The van der Waals surface area contributed by atoms with Crippen LogP contribution in [-0.2, 0) is 13.0 Å². The van der Waals surface area contributed by atoms with E-state index in [1.54, 1.807) is 11.3 Å². The number of halogens is 1. The fourth-order valence-electron chi connectivity index (χ4n) is 1.54. The second-order valence-electron chi connectivity index (χ2n) is 3.71. The lowest BCUT2D eigenvalue weighted by Crippen LogP contribution is -2.02. The Morgan fingerprint density at radius 3 is 2.88 bits per heavy atom. The maximum absolute atomic E-state index is 5.74. The van der Waals surface area contributed by atoms with Gasteiger partial charge in [0.1, 0.15) is 12.4 Å². The lowest BCUT2D eigenvalue weighted by atomic mass is 10.1. The normalized spacial score (nSPS) is 10.5. The highest BCUT2D eigenvalue weighted by molar-refractivity contribution is 9.10. The molecule has 2 N–H and O–H groups in total. The van der Waals surface area contributed by atoms with E-state index in [1.165, 1.54) is 10.4 Å². The SMILES string of the molecule is NCCc1cccc(OCc2cc(Br)cs2)c1. The van der Waals surface area contributed by atoms with Crippen LogP contribution in [0.15, 0.2) is 40.2 Å². The lowest BCUT2D eigenvalue weighted by Gasteiger charge is -2.06. The number of rotatable bonds is 5. The van der Waals surface area contributed by atoms with Crippen LogP contribution in [0.3, 0.4) is 0 Å². The van der Waals surface area contributed by atoms with Crippen LogP contribution in [0.1, 0.15) is 10.4 Å². The van der Waals surface area contributed by atoms with Gasteiger partial charge in [0.2, 0.25) is 0 Å². The number of benzene rings is 1. The van der Waals surface area contributed by atoms with Crippen molar-refractivity contribution in [1.29, 1.82) is 0 Å². The molecule has 1 aromatic heterocycles. The molecule has 90 valence electrons. The fraction of sp³-hybridized carbons (Fsp3) is 0.231. The largest absolute Gasteiger partial charge is 0.488 e. The molecule has 2 nitrogen and oxygen atoms in total. The van der Waals surface area contributed by atoms with Crippen LogP contribution in [0.5, 0.6) is 5.75 Å². The molecule has 0 unspecified atom stereocenters. The molecule has 0 saturated heterocycles. The summed E-state index contributed by atoms with van der Waals surface area (Å²) in [4.78, 5) is 1.21. The summed E-state index contributed by atoms with van der Waals surface area (Å²) in [5.41, 5.74) is 6.75. The minimum absolute atomic E-state index is 0.613. The first-order valence-electron chi connectivity index (χ1n) is 5.42. The Labute approximate surface area is 114 Å². The molecule has 0 saturated carbocycles. The summed E-state index contributed by atoms with van der Waals surface area (Å²) < 4.78 is 6.85. The smallest absolute Gasteiger partial charge is 0.122 e. The number of nitrogens with two attached hydrogens (primary N) is 1. The third-order valence-electron chi connectivity index (χ3n) is 2.33. The molecule has 2 rings (SSSR count). The summed E-state index contributed by atoms with van der Waals surface area (Å²) in [5.74, 6) is 0.903. The maximum Gasteiger partial charge on any atom is 0.122 e. The highest BCUT2D eigenvalue weighted by atomic mass is 79.9. The molecule has 0 spiro atoms. The van der Waals surface area contributed by atoms with Gasteiger partial charge in [-0.05, 0) is 52.7 Å². The minimum atomic E-state index is 0.613. The number of hydrogen-bond acceptors (Lipinski definition) is 3. The Balaban J connectivity index is 1.96. The highest BCUT2D eigenvalue weighted by Gasteiger charge is 2.00. The predicted molar refractivity (Wildman–Crippen MR) is 75.6 cm³/mol. The van der Waals surface area contributed by atoms with Crippen molar-refractivity contribution in [3.63, 3.8) is 0 Å². The van der Waals surface area contributed by atoms with Crippen LogP contribution in [0.4, 0.5) is 0 Å². The summed E-state index contributed by atoms with van der Waals surface area (Å²) >= 11 is 5.12. The van der Waals surface area contributed by atoms with Crippen molar-refractivity contribution in [2.45, 2.75) is 13.0 Å². The first kappa shape index (κ1) is 12.6. The van der Waals surface area contributed by atoms with Gasteiger partial charge in [0.15, 0.2) is 0 Å². The second-order valence-corrected chi connectivity index (χ2v) is 5.62. The van der Waals surface area contributed by atoms with Gasteiger partial charge in [-0.1, -0.05) is 12.1 Å². The van der Waals surface area contributed by atoms with Crippen molar-refractivity contribution in [2.75, 3.05) is 6.54 Å². The van der Waals surface area contributed by atoms with Gasteiger partial charge in [-0.2, -0.15) is 0 Å². The van der Waals surface area contributed by atoms with Gasteiger partial charge >= 0.3 is 0 Å². The van der Waals surface area contributed by atoms with E-state index in [0.717, 1.165) is 16.6 Å². The number of hydrogen-bond donors (Lipinski definition) is 1. The Morgan fingerprint density at radius 2 is 2.18 bits per heavy atom. The average Bonchev–Trinajstić information content (AvgIpc) is 2.74. The molecule has 0 amide bonds. The maximum atomic E-state index is 5.74. The second kappa shape index (κ2) is 6.19. The predicted octanol–water partition coefficient (Wildman–Crippen LogP) is 3.59. The summed E-state index contributed by atoms with van der Waals surface area (Å²) in [6.07, 6.45) is 0.891. The molecule has 0 bridgehead atoms. The molecule has 17 heavy (non-hydrogen) atoms. The van der Waals surface area contributed by atoms with E-state index in [2.05, 4.69) is 39.5 Å². The third-order valence-corrected chi connectivity index (χ3v) is 4.01. The van der Waals surface area contributed by atoms with Crippen LogP contribution in [0, 0.1) is 0 Å².